The van der Waals surface area contributed by atoms with E-state index in [1.165, 1.54) is 6.07 Å². The van der Waals surface area contributed by atoms with Crippen LogP contribution in [0.25, 0.3) is 11.5 Å². The first-order valence-electron chi connectivity index (χ1n) is 5.88. The van der Waals surface area contributed by atoms with Gasteiger partial charge in [-0.2, -0.15) is 0 Å². The van der Waals surface area contributed by atoms with Gasteiger partial charge in [-0.1, -0.05) is 19.9 Å². The number of hydrogen-bond acceptors (Lipinski definition) is 4. The van der Waals surface area contributed by atoms with Crippen molar-refractivity contribution in [1.29, 1.82) is 0 Å². The average Bonchev–Trinajstić information content (AvgIpc) is 2.79. The third-order valence-electron chi connectivity index (χ3n) is 2.55. The number of rotatable bonds is 4. The van der Waals surface area contributed by atoms with Gasteiger partial charge in [0.2, 0.25) is 11.8 Å². The van der Waals surface area contributed by atoms with Crippen molar-refractivity contribution >= 4 is 0 Å². The number of hydrogen-bond donors (Lipinski definition) is 1. The lowest BCUT2D eigenvalue weighted by molar-refractivity contribution is 0.458. The summed E-state index contributed by atoms with van der Waals surface area (Å²) in [5, 5.41) is 11.0. The molecule has 0 aliphatic carbocycles. The number of halogens is 1. The first kappa shape index (κ1) is 12.7. The molecule has 1 aromatic carbocycles. The standard InChI is InChI=1S/C13H16FN3O/c1-8(2)15-7-12-16-17-13(18-12)10-5-4-9(3)11(14)6-10/h4-6,8,15H,7H2,1-3H3. The van der Waals surface area contributed by atoms with Crippen molar-refractivity contribution < 1.29 is 8.81 Å². The van der Waals surface area contributed by atoms with Crippen molar-refractivity contribution in [1.82, 2.24) is 15.5 Å². The van der Waals surface area contributed by atoms with Crippen LogP contribution in [0.1, 0.15) is 25.3 Å². The molecule has 96 valence electrons. The molecule has 1 aromatic heterocycles. The highest BCUT2D eigenvalue weighted by atomic mass is 19.1. The Morgan fingerprint density at radius 3 is 2.78 bits per heavy atom. The molecule has 4 nitrogen and oxygen atoms in total. The molecule has 0 saturated carbocycles. The van der Waals surface area contributed by atoms with Crippen molar-refractivity contribution in [3.63, 3.8) is 0 Å². The Balaban J connectivity index is 2.16. The van der Waals surface area contributed by atoms with Gasteiger partial charge in [-0.05, 0) is 24.6 Å². The van der Waals surface area contributed by atoms with E-state index in [1.807, 2.05) is 13.8 Å². The Labute approximate surface area is 105 Å². The molecule has 0 saturated heterocycles. The van der Waals surface area contributed by atoms with Gasteiger partial charge < -0.3 is 9.73 Å². The monoisotopic (exact) mass is 249 g/mol. The zero-order valence-electron chi connectivity index (χ0n) is 10.7. The molecular weight excluding hydrogens is 233 g/mol. The van der Waals surface area contributed by atoms with Gasteiger partial charge >= 0.3 is 0 Å². The van der Waals surface area contributed by atoms with Crippen LogP contribution in [-0.2, 0) is 6.54 Å². The Morgan fingerprint density at radius 1 is 1.33 bits per heavy atom. The summed E-state index contributed by atoms with van der Waals surface area (Å²) >= 11 is 0. The predicted octanol–water partition coefficient (Wildman–Crippen LogP) is 2.68. The van der Waals surface area contributed by atoms with E-state index in [0.29, 0.717) is 35.5 Å². The van der Waals surface area contributed by atoms with Crippen molar-refractivity contribution in [2.45, 2.75) is 33.4 Å². The zero-order chi connectivity index (χ0) is 13.1. The van der Waals surface area contributed by atoms with Crippen LogP contribution in [0.3, 0.4) is 0 Å². The average molecular weight is 249 g/mol. The van der Waals surface area contributed by atoms with Gasteiger partial charge in [-0.15, -0.1) is 10.2 Å². The summed E-state index contributed by atoms with van der Waals surface area (Å²) in [6.07, 6.45) is 0. The molecule has 18 heavy (non-hydrogen) atoms. The number of aromatic nitrogens is 2. The predicted molar refractivity (Wildman–Crippen MR) is 66.4 cm³/mol. The summed E-state index contributed by atoms with van der Waals surface area (Å²) < 4.78 is 18.9. The van der Waals surface area contributed by atoms with Crippen LogP contribution in [0.2, 0.25) is 0 Å². The van der Waals surface area contributed by atoms with Crippen molar-refractivity contribution in [3.05, 3.63) is 35.5 Å². The topological polar surface area (TPSA) is 51.0 Å². The van der Waals surface area contributed by atoms with Gasteiger partial charge in [0.15, 0.2) is 0 Å². The first-order valence-corrected chi connectivity index (χ1v) is 5.88. The number of nitrogens with zero attached hydrogens (tertiary/aromatic N) is 2. The van der Waals surface area contributed by atoms with Gasteiger partial charge in [-0.3, -0.25) is 0 Å². The van der Waals surface area contributed by atoms with Crippen LogP contribution in [0.15, 0.2) is 22.6 Å². The molecule has 5 heteroatoms. The highest BCUT2D eigenvalue weighted by Crippen LogP contribution is 2.20. The van der Waals surface area contributed by atoms with Gasteiger partial charge in [0, 0.05) is 11.6 Å². The molecule has 0 spiro atoms. The minimum absolute atomic E-state index is 0.271. The first-order chi connectivity index (χ1) is 8.56. The highest BCUT2D eigenvalue weighted by Gasteiger charge is 2.10. The number of benzene rings is 1. The smallest absolute Gasteiger partial charge is 0.247 e. The van der Waals surface area contributed by atoms with E-state index < -0.39 is 0 Å². The van der Waals surface area contributed by atoms with Gasteiger partial charge in [-0.25, -0.2) is 4.39 Å². The third-order valence-corrected chi connectivity index (χ3v) is 2.55. The second-order valence-electron chi connectivity index (χ2n) is 4.50. The highest BCUT2D eigenvalue weighted by molar-refractivity contribution is 5.53. The van der Waals surface area contributed by atoms with Crippen LogP contribution >= 0.6 is 0 Å². The summed E-state index contributed by atoms with van der Waals surface area (Å²) in [5.74, 6) is 0.571. The molecule has 0 amide bonds. The van der Waals surface area contributed by atoms with E-state index in [0.717, 1.165) is 0 Å². The third kappa shape index (κ3) is 2.92. The Bertz CT molecular complexity index is 537. The number of aryl methyl sites for hydroxylation is 1. The second-order valence-corrected chi connectivity index (χ2v) is 4.50. The maximum absolute atomic E-state index is 13.4. The lowest BCUT2D eigenvalue weighted by atomic mass is 10.1. The van der Waals surface area contributed by atoms with E-state index in [4.69, 9.17) is 4.42 Å². The molecule has 0 aliphatic rings. The van der Waals surface area contributed by atoms with E-state index in [1.54, 1.807) is 19.1 Å². The van der Waals surface area contributed by atoms with Gasteiger partial charge in [0.1, 0.15) is 5.82 Å². The summed E-state index contributed by atoms with van der Waals surface area (Å²) in [5.41, 5.74) is 1.20. The summed E-state index contributed by atoms with van der Waals surface area (Å²) in [6.45, 7) is 6.29. The molecule has 0 bridgehead atoms. The van der Waals surface area contributed by atoms with Crippen LogP contribution in [0, 0.1) is 12.7 Å². The summed E-state index contributed by atoms with van der Waals surface area (Å²) in [4.78, 5) is 0. The van der Waals surface area contributed by atoms with E-state index in [2.05, 4.69) is 15.5 Å². The lowest BCUT2D eigenvalue weighted by Gasteiger charge is -2.03. The molecule has 1 N–H and O–H groups in total. The molecular formula is C13H16FN3O. The Morgan fingerprint density at radius 2 is 2.11 bits per heavy atom. The fourth-order valence-corrected chi connectivity index (χ4v) is 1.46. The number of nitrogens with one attached hydrogen (secondary N) is 1. The minimum Gasteiger partial charge on any atom is -0.419 e. The summed E-state index contributed by atoms with van der Waals surface area (Å²) in [7, 11) is 0. The van der Waals surface area contributed by atoms with E-state index in [9.17, 15) is 4.39 Å². The molecule has 0 aliphatic heterocycles. The molecule has 0 fully saturated rings. The quantitative estimate of drug-likeness (QED) is 0.905. The van der Waals surface area contributed by atoms with Crippen LogP contribution in [0.5, 0.6) is 0 Å². The fourth-order valence-electron chi connectivity index (χ4n) is 1.46. The van der Waals surface area contributed by atoms with Crippen LogP contribution in [-0.4, -0.2) is 16.2 Å². The zero-order valence-corrected chi connectivity index (χ0v) is 10.7. The normalized spacial score (nSPS) is 11.2. The van der Waals surface area contributed by atoms with Crippen LogP contribution in [0.4, 0.5) is 4.39 Å². The van der Waals surface area contributed by atoms with Crippen molar-refractivity contribution in [3.8, 4) is 11.5 Å². The largest absolute Gasteiger partial charge is 0.419 e. The maximum Gasteiger partial charge on any atom is 0.247 e. The van der Waals surface area contributed by atoms with E-state index in [-0.39, 0.29) is 5.82 Å². The Kier molecular flexibility index (Phi) is 3.72. The molecule has 2 rings (SSSR count). The van der Waals surface area contributed by atoms with Gasteiger partial charge in [0.05, 0.1) is 6.54 Å². The minimum atomic E-state index is -0.271. The Hall–Kier alpha value is -1.75. The molecule has 0 radical (unpaired) electrons. The van der Waals surface area contributed by atoms with Gasteiger partial charge in [0.25, 0.3) is 0 Å². The fraction of sp³-hybridized carbons (Fsp3) is 0.385. The van der Waals surface area contributed by atoms with E-state index >= 15 is 0 Å². The molecule has 2 aromatic rings. The molecule has 0 unspecified atom stereocenters. The maximum atomic E-state index is 13.4. The van der Waals surface area contributed by atoms with Crippen molar-refractivity contribution in [2.75, 3.05) is 0 Å². The lowest BCUT2D eigenvalue weighted by Crippen LogP contribution is -2.21. The van der Waals surface area contributed by atoms with Crippen LogP contribution < -0.4 is 5.32 Å². The molecule has 1 heterocycles. The molecule has 0 atom stereocenters. The second kappa shape index (κ2) is 5.27. The SMILES string of the molecule is Cc1ccc(-c2nnc(CNC(C)C)o2)cc1F. The van der Waals surface area contributed by atoms with Crippen molar-refractivity contribution in [2.24, 2.45) is 0 Å². The summed E-state index contributed by atoms with van der Waals surface area (Å²) in [6, 6.07) is 5.21.